The summed E-state index contributed by atoms with van der Waals surface area (Å²) in [6, 6.07) is 2.48. The molecule has 1 heterocycles. The highest BCUT2D eigenvalue weighted by molar-refractivity contribution is 5.28. The van der Waals surface area contributed by atoms with Crippen molar-refractivity contribution in [3.63, 3.8) is 0 Å². The van der Waals surface area contributed by atoms with E-state index >= 15 is 0 Å². The van der Waals surface area contributed by atoms with E-state index in [4.69, 9.17) is 0 Å². The fraction of sp³-hybridized carbons (Fsp3) is 0.143. The van der Waals surface area contributed by atoms with Crippen LogP contribution < -0.4 is 16.6 Å². The van der Waals surface area contributed by atoms with Gasteiger partial charge in [0.2, 0.25) is 0 Å². The summed E-state index contributed by atoms with van der Waals surface area (Å²) in [7, 11) is 1.63. The van der Waals surface area contributed by atoms with Gasteiger partial charge in [0.05, 0.1) is 0 Å². The summed E-state index contributed by atoms with van der Waals surface area (Å²) in [5, 5.41) is 2.55. The molecule has 0 saturated heterocycles. The van der Waals surface area contributed by atoms with E-state index in [1.807, 2.05) is 0 Å². The first-order chi connectivity index (χ1) is 5.74. The summed E-state index contributed by atoms with van der Waals surface area (Å²) >= 11 is 0. The fourth-order valence-corrected chi connectivity index (χ4v) is 0.632. The molecular formula is C7H7N3O2. The zero-order valence-electron chi connectivity index (χ0n) is 6.39. The van der Waals surface area contributed by atoms with Crippen molar-refractivity contribution < 1.29 is 0 Å². The SMILES string of the molecule is CNC#Cc1c[nH]c(=O)[nH]c1=O. The fourth-order valence-electron chi connectivity index (χ4n) is 0.632. The Bertz CT molecular complexity index is 432. The van der Waals surface area contributed by atoms with Gasteiger partial charge in [-0.05, 0) is 5.92 Å². The molecule has 0 amide bonds. The maximum Gasteiger partial charge on any atom is 0.325 e. The molecule has 0 spiro atoms. The molecule has 0 fully saturated rings. The lowest BCUT2D eigenvalue weighted by atomic mass is 10.3. The summed E-state index contributed by atoms with van der Waals surface area (Å²) in [4.78, 5) is 25.8. The van der Waals surface area contributed by atoms with Gasteiger partial charge in [-0.15, -0.1) is 0 Å². The maximum absolute atomic E-state index is 10.9. The number of rotatable bonds is 0. The largest absolute Gasteiger partial charge is 0.349 e. The van der Waals surface area contributed by atoms with Gasteiger partial charge in [-0.3, -0.25) is 9.78 Å². The zero-order valence-corrected chi connectivity index (χ0v) is 6.39. The molecule has 0 aliphatic heterocycles. The third kappa shape index (κ3) is 1.76. The molecule has 1 aromatic heterocycles. The van der Waals surface area contributed by atoms with Crippen LogP contribution in [-0.2, 0) is 0 Å². The van der Waals surface area contributed by atoms with Crippen molar-refractivity contribution in [2.45, 2.75) is 0 Å². The van der Waals surface area contributed by atoms with Crippen molar-refractivity contribution in [3.05, 3.63) is 32.6 Å². The van der Waals surface area contributed by atoms with Crippen molar-refractivity contribution in [3.8, 4) is 12.0 Å². The third-order valence-electron chi connectivity index (χ3n) is 1.14. The van der Waals surface area contributed by atoms with Crippen LogP contribution >= 0.6 is 0 Å². The smallest absolute Gasteiger partial charge is 0.325 e. The summed E-state index contributed by atoms with van der Waals surface area (Å²) in [5.41, 5.74) is -0.791. The summed E-state index contributed by atoms with van der Waals surface area (Å²) in [5.74, 6) is 2.51. The van der Waals surface area contributed by atoms with Gasteiger partial charge in [-0.25, -0.2) is 4.79 Å². The van der Waals surface area contributed by atoms with Crippen molar-refractivity contribution in [2.75, 3.05) is 7.05 Å². The quantitative estimate of drug-likeness (QED) is 0.326. The molecular weight excluding hydrogens is 158 g/mol. The Morgan fingerprint density at radius 1 is 1.50 bits per heavy atom. The van der Waals surface area contributed by atoms with Gasteiger partial charge in [-0.2, -0.15) is 0 Å². The van der Waals surface area contributed by atoms with Crippen molar-refractivity contribution >= 4 is 0 Å². The lowest BCUT2D eigenvalue weighted by molar-refractivity contribution is 1.03. The highest BCUT2D eigenvalue weighted by Crippen LogP contribution is 1.76. The Morgan fingerprint density at radius 3 is 2.83 bits per heavy atom. The minimum absolute atomic E-state index is 0.226. The van der Waals surface area contributed by atoms with E-state index in [2.05, 4.69) is 27.2 Å². The molecule has 0 aliphatic carbocycles. The van der Waals surface area contributed by atoms with Gasteiger partial charge in [-0.1, -0.05) is 0 Å². The number of hydrogen-bond donors (Lipinski definition) is 3. The molecule has 5 nitrogen and oxygen atoms in total. The minimum Gasteiger partial charge on any atom is -0.349 e. The van der Waals surface area contributed by atoms with Gasteiger partial charge < -0.3 is 10.3 Å². The summed E-state index contributed by atoms with van der Waals surface area (Å²) in [6.45, 7) is 0. The van der Waals surface area contributed by atoms with Crippen LogP contribution in [0, 0.1) is 12.0 Å². The normalized spacial score (nSPS) is 8.42. The molecule has 0 bridgehead atoms. The van der Waals surface area contributed by atoms with Crippen molar-refractivity contribution in [1.82, 2.24) is 15.3 Å². The predicted molar refractivity (Wildman–Crippen MR) is 43.6 cm³/mol. The van der Waals surface area contributed by atoms with E-state index in [0.717, 1.165) is 0 Å². The summed E-state index contributed by atoms with van der Waals surface area (Å²) < 4.78 is 0. The molecule has 0 aliphatic rings. The van der Waals surface area contributed by atoms with Crippen LogP contribution in [-0.4, -0.2) is 17.0 Å². The molecule has 5 heteroatoms. The number of aromatic amines is 2. The molecule has 1 aromatic rings. The number of nitrogens with one attached hydrogen (secondary N) is 3. The first kappa shape index (κ1) is 8.14. The first-order valence-corrected chi connectivity index (χ1v) is 3.24. The maximum atomic E-state index is 10.9. The van der Waals surface area contributed by atoms with Gasteiger partial charge >= 0.3 is 5.69 Å². The van der Waals surface area contributed by atoms with Crippen LogP contribution in [0.15, 0.2) is 15.8 Å². The second kappa shape index (κ2) is 3.44. The standard InChI is InChI=1S/C7H7N3O2/c1-8-3-2-5-4-9-7(12)10-6(5)11/h4,8H,1H3,(H2,9,10,11,12). The summed E-state index contributed by atoms with van der Waals surface area (Å²) in [6.07, 6.45) is 1.27. The van der Waals surface area contributed by atoms with Crippen LogP contribution in [0.4, 0.5) is 0 Å². The topological polar surface area (TPSA) is 77.8 Å². The highest BCUT2D eigenvalue weighted by atomic mass is 16.2. The second-order valence-corrected chi connectivity index (χ2v) is 1.99. The highest BCUT2D eigenvalue weighted by Gasteiger charge is 1.93. The lowest BCUT2D eigenvalue weighted by Gasteiger charge is -1.85. The van der Waals surface area contributed by atoms with Crippen LogP contribution in [0.5, 0.6) is 0 Å². The van der Waals surface area contributed by atoms with Gasteiger partial charge in [0.15, 0.2) is 0 Å². The first-order valence-electron chi connectivity index (χ1n) is 3.24. The molecule has 12 heavy (non-hydrogen) atoms. The Kier molecular flexibility index (Phi) is 2.33. The Labute approximate surface area is 67.8 Å². The monoisotopic (exact) mass is 165 g/mol. The van der Waals surface area contributed by atoms with E-state index in [0.29, 0.717) is 0 Å². The zero-order chi connectivity index (χ0) is 8.97. The average Bonchev–Trinajstić information content (AvgIpc) is 2.03. The van der Waals surface area contributed by atoms with Gasteiger partial charge in [0.1, 0.15) is 5.56 Å². The van der Waals surface area contributed by atoms with E-state index < -0.39 is 11.2 Å². The van der Waals surface area contributed by atoms with E-state index in [1.165, 1.54) is 6.20 Å². The lowest BCUT2D eigenvalue weighted by Crippen LogP contribution is -2.23. The average molecular weight is 165 g/mol. The Hall–Kier alpha value is -1.96. The Balaban J connectivity index is 3.19. The van der Waals surface area contributed by atoms with E-state index in [9.17, 15) is 9.59 Å². The molecule has 0 atom stereocenters. The molecule has 3 N–H and O–H groups in total. The van der Waals surface area contributed by atoms with Crippen LogP contribution in [0.25, 0.3) is 0 Å². The van der Waals surface area contributed by atoms with Crippen LogP contribution in [0.2, 0.25) is 0 Å². The predicted octanol–water partition coefficient (Wildman–Crippen LogP) is -1.41. The molecule has 0 unspecified atom stereocenters. The van der Waals surface area contributed by atoms with Crippen LogP contribution in [0.3, 0.4) is 0 Å². The molecule has 0 saturated carbocycles. The molecule has 1 rings (SSSR count). The Morgan fingerprint density at radius 2 is 2.25 bits per heavy atom. The number of hydrogen-bond acceptors (Lipinski definition) is 3. The van der Waals surface area contributed by atoms with E-state index in [1.54, 1.807) is 7.05 Å². The van der Waals surface area contributed by atoms with Gasteiger partial charge in [0, 0.05) is 19.3 Å². The van der Waals surface area contributed by atoms with Crippen LogP contribution in [0.1, 0.15) is 5.56 Å². The third-order valence-corrected chi connectivity index (χ3v) is 1.14. The van der Waals surface area contributed by atoms with Gasteiger partial charge in [0.25, 0.3) is 5.56 Å². The van der Waals surface area contributed by atoms with E-state index in [-0.39, 0.29) is 5.56 Å². The number of aromatic nitrogens is 2. The molecule has 0 aromatic carbocycles. The second-order valence-electron chi connectivity index (χ2n) is 1.99. The van der Waals surface area contributed by atoms with Crippen molar-refractivity contribution in [1.29, 1.82) is 0 Å². The van der Waals surface area contributed by atoms with Crippen molar-refractivity contribution in [2.24, 2.45) is 0 Å². The number of H-pyrrole nitrogens is 2. The molecule has 0 radical (unpaired) electrons. The minimum atomic E-state index is -0.532. The molecule has 62 valence electrons.